The number of primary amides is 1. The second kappa shape index (κ2) is 11.7. The molecule has 4 rings (SSSR count). The Hall–Kier alpha value is -4.55. The predicted molar refractivity (Wildman–Crippen MR) is 136 cm³/mol. The molecule has 3 atom stereocenters. The molecule has 1 aliphatic rings. The average molecular weight is 560 g/mol. The van der Waals surface area contributed by atoms with Gasteiger partial charge in [0.15, 0.2) is 0 Å². The number of halogens is 4. The minimum absolute atomic E-state index is 0.132. The van der Waals surface area contributed by atoms with Crippen LogP contribution in [0.15, 0.2) is 64.3 Å². The van der Waals surface area contributed by atoms with E-state index in [1.54, 1.807) is 36.4 Å². The molecule has 0 bridgehead atoms. The van der Waals surface area contributed by atoms with Gasteiger partial charge in [0.1, 0.15) is 12.1 Å². The van der Waals surface area contributed by atoms with Crippen LogP contribution in [0, 0.1) is 18.7 Å². The summed E-state index contributed by atoms with van der Waals surface area (Å²) in [5, 5.41) is 8.53. The van der Waals surface area contributed by atoms with E-state index in [-0.39, 0.29) is 28.2 Å². The molecule has 0 aliphatic carbocycles. The average Bonchev–Trinajstić information content (AvgIpc) is 3.25. The van der Waals surface area contributed by atoms with E-state index in [0.717, 1.165) is 12.3 Å². The Morgan fingerprint density at radius 2 is 1.88 bits per heavy atom. The number of rotatable bonds is 9. The van der Waals surface area contributed by atoms with Crippen molar-refractivity contribution in [3.8, 4) is 0 Å². The Balaban J connectivity index is 1.72. The van der Waals surface area contributed by atoms with E-state index in [1.807, 2.05) is 0 Å². The SMILES string of the molecule is Cc1nocc1C(C(N)=O)C(CCCC(F)(F)F)C(=O)NC1N=C(c2ccccc2)c2cccc(F)c2NC1=O. The standard InChI is InChI=1S/C27H25F4N5O4/c1-14-18(13-40-36-14)20(23(32)37)16(10-6-12-27(29,30)31)25(38)35-24-26(39)34-22-17(9-5-11-19(22)28)21(33-24)15-7-3-2-4-8-15/h2-5,7-9,11,13,16,20,24H,6,10,12H2,1H3,(H2,32,37)(H,34,39)(H,35,38). The number of para-hydroxylation sites is 1. The third kappa shape index (κ3) is 6.35. The highest BCUT2D eigenvalue weighted by molar-refractivity contribution is 6.20. The van der Waals surface area contributed by atoms with Crippen LogP contribution in [0.4, 0.5) is 23.2 Å². The monoisotopic (exact) mass is 559 g/mol. The lowest BCUT2D eigenvalue weighted by molar-refractivity contribution is -0.139. The number of hydrogen-bond acceptors (Lipinski definition) is 6. The van der Waals surface area contributed by atoms with E-state index in [1.165, 1.54) is 13.0 Å². The molecule has 0 fully saturated rings. The van der Waals surface area contributed by atoms with Crippen LogP contribution in [0.3, 0.4) is 0 Å². The number of carbonyl (C=O) groups is 3. The van der Waals surface area contributed by atoms with Gasteiger partial charge in [-0.2, -0.15) is 13.2 Å². The number of benzodiazepines with no additional fused rings is 1. The van der Waals surface area contributed by atoms with Gasteiger partial charge in [-0.3, -0.25) is 14.4 Å². The van der Waals surface area contributed by atoms with Gasteiger partial charge in [-0.05, 0) is 25.8 Å². The van der Waals surface area contributed by atoms with Gasteiger partial charge in [-0.1, -0.05) is 47.6 Å². The number of nitrogens with one attached hydrogen (secondary N) is 2. The molecule has 40 heavy (non-hydrogen) atoms. The fraction of sp³-hybridized carbons (Fsp3) is 0.296. The molecule has 2 aromatic carbocycles. The summed E-state index contributed by atoms with van der Waals surface area (Å²) in [6.07, 6.45) is -7.12. The molecule has 3 aromatic rings. The van der Waals surface area contributed by atoms with Crippen LogP contribution in [0.2, 0.25) is 0 Å². The van der Waals surface area contributed by atoms with Crippen LogP contribution in [0.1, 0.15) is 47.6 Å². The van der Waals surface area contributed by atoms with Crippen molar-refractivity contribution in [2.75, 3.05) is 5.32 Å². The van der Waals surface area contributed by atoms with Crippen molar-refractivity contribution in [2.45, 2.75) is 44.4 Å². The Labute approximate surface area is 225 Å². The van der Waals surface area contributed by atoms with E-state index in [9.17, 15) is 31.9 Å². The van der Waals surface area contributed by atoms with Crippen molar-refractivity contribution in [2.24, 2.45) is 16.6 Å². The van der Waals surface area contributed by atoms with E-state index >= 15 is 0 Å². The lowest BCUT2D eigenvalue weighted by atomic mass is 9.81. The summed E-state index contributed by atoms with van der Waals surface area (Å²) >= 11 is 0. The number of nitrogens with two attached hydrogens (primary N) is 1. The zero-order valence-electron chi connectivity index (χ0n) is 21.2. The Morgan fingerprint density at radius 1 is 1.15 bits per heavy atom. The van der Waals surface area contributed by atoms with Crippen LogP contribution in [-0.4, -0.2) is 40.9 Å². The highest BCUT2D eigenvalue weighted by atomic mass is 19.4. The van der Waals surface area contributed by atoms with Crippen molar-refractivity contribution in [1.82, 2.24) is 10.5 Å². The third-order valence-electron chi connectivity index (χ3n) is 6.49. The number of fused-ring (bicyclic) bond motifs is 1. The number of hydrogen-bond donors (Lipinski definition) is 3. The first-order chi connectivity index (χ1) is 19.0. The molecular weight excluding hydrogens is 534 g/mol. The zero-order valence-corrected chi connectivity index (χ0v) is 21.2. The van der Waals surface area contributed by atoms with Gasteiger partial charge in [0.2, 0.25) is 18.0 Å². The molecule has 2 heterocycles. The minimum atomic E-state index is -4.50. The molecule has 0 saturated carbocycles. The number of benzene rings is 2. The summed E-state index contributed by atoms with van der Waals surface area (Å²) < 4.78 is 58.4. The number of anilines is 1. The second-order valence-electron chi connectivity index (χ2n) is 9.26. The topological polar surface area (TPSA) is 140 Å². The Kier molecular flexibility index (Phi) is 8.31. The zero-order chi connectivity index (χ0) is 29.0. The molecule has 4 N–H and O–H groups in total. The molecule has 13 heteroatoms. The maximum atomic E-state index is 14.7. The second-order valence-corrected chi connectivity index (χ2v) is 9.26. The molecule has 1 aromatic heterocycles. The fourth-order valence-electron chi connectivity index (χ4n) is 4.60. The van der Waals surface area contributed by atoms with Gasteiger partial charge in [-0.25, -0.2) is 9.38 Å². The third-order valence-corrected chi connectivity index (χ3v) is 6.49. The summed E-state index contributed by atoms with van der Waals surface area (Å²) in [5.41, 5.74) is 6.76. The van der Waals surface area contributed by atoms with Gasteiger partial charge in [0.25, 0.3) is 5.91 Å². The number of nitrogens with zero attached hydrogens (tertiary/aromatic N) is 2. The van der Waals surface area contributed by atoms with E-state index in [4.69, 9.17) is 10.3 Å². The van der Waals surface area contributed by atoms with Crippen molar-refractivity contribution >= 4 is 29.1 Å². The molecule has 1 aliphatic heterocycles. The number of carbonyl (C=O) groups excluding carboxylic acids is 3. The summed E-state index contributed by atoms with van der Waals surface area (Å²) in [7, 11) is 0. The van der Waals surface area contributed by atoms with Crippen molar-refractivity contribution in [1.29, 1.82) is 0 Å². The maximum absolute atomic E-state index is 14.7. The van der Waals surface area contributed by atoms with E-state index < -0.39 is 67.0 Å². The van der Waals surface area contributed by atoms with Crippen molar-refractivity contribution in [3.63, 3.8) is 0 Å². The molecule has 0 spiro atoms. The largest absolute Gasteiger partial charge is 0.389 e. The predicted octanol–water partition coefficient (Wildman–Crippen LogP) is 3.97. The summed E-state index contributed by atoms with van der Waals surface area (Å²) in [5.74, 6) is -6.40. The van der Waals surface area contributed by atoms with Gasteiger partial charge in [0, 0.05) is 23.1 Å². The van der Waals surface area contributed by atoms with E-state index in [2.05, 4.69) is 20.8 Å². The summed E-state index contributed by atoms with van der Waals surface area (Å²) in [6.45, 7) is 1.49. The van der Waals surface area contributed by atoms with Crippen molar-refractivity contribution < 1.29 is 36.5 Å². The van der Waals surface area contributed by atoms with Crippen LogP contribution in [0.5, 0.6) is 0 Å². The highest BCUT2D eigenvalue weighted by Crippen LogP contribution is 2.33. The van der Waals surface area contributed by atoms with Crippen molar-refractivity contribution in [3.05, 3.63) is 83.0 Å². The number of aryl methyl sites for hydroxylation is 1. The molecular formula is C27H25F4N5O4. The molecule has 0 saturated heterocycles. The highest BCUT2D eigenvalue weighted by Gasteiger charge is 2.39. The van der Waals surface area contributed by atoms with Crippen LogP contribution in [0.25, 0.3) is 0 Å². The first kappa shape index (κ1) is 28.5. The lowest BCUT2D eigenvalue weighted by Gasteiger charge is -2.25. The summed E-state index contributed by atoms with van der Waals surface area (Å²) in [4.78, 5) is 43.6. The lowest BCUT2D eigenvalue weighted by Crippen LogP contribution is -2.47. The van der Waals surface area contributed by atoms with Crippen LogP contribution >= 0.6 is 0 Å². The Morgan fingerprint density at radius 3 is 2.50 bits per heavy atom. The van der Waals surface area contributed by atoms with Gasteiger partial charge < -0.3 is 20.9 Å². The van der Waals surface area contributed by atoms with E-state index in [0.29, 0.717) is 5.56 Å². The first-order valence-electron chi connectivity index (χ1n) is 12.3. The molecule has 0 radical (unpaired) electrons. The van der Waals surface area contributed by atoms with Crippen LogP contribution in [-0.2, 0) is 14.4 Å². The quantitative estimate of drug-likeness (QED) is 0.341. The minimum Gasteiger partial charge on any atom is -0.369 e. The maximum Gasteiger partial charge on any atom is 0.389 e. The fourth-order valence-corrected chi connectivity index (χ4v) is 4.60. The molecule has 9 nitrogen and oxygen atoms in total. The van der Waals surface area contributed by atoms with Gasteiger partial charge in [-0.15, -0.1) is 0 Å². The molecule has 210 valence electrons. The number of aromatic nitrogens is 1. The number of amides is 3. The summed E-state index contributed by atoms with van der Waals surface area (Å²) in [6, 6.07) is 12.7. The van der Waals surface area contributed by atoms with Gasteiger partial charge >= 0.3 is 6.18 Å². The normalized spacial score (nSPS) is 16.7. The number of aliphatic imine (C=N–C) groups is 1. The smallest absolute Gasteiger partial charge is 0.369 e. The molecule has 3 unspecified atom stereocenters. The number of alkyl halides is 3. The molecule has 3 amide bonds. The van der Waals surface area contributed by atoms with Gasteiger partial charge in [0.05, 0.1) is 28.9 Å². The first-order valence-corrected chi connectivity index (χ1v) is 12.3. The Bertz CT molecular complexity index is 1440. The van der Waals surface area contributed by atoms with Crippen LogP contribution < -0.4 is 16.4 Å².